The fraction of sp³-hybridized carbons (Fsp3) is 0.533. The lowest BCUT2D eigenvalue weighted by Crippen LogP contribution is -2.38. The van der Waals surface area contributed by atoms with Gasteiger partial charge in [-0.25, -0.2) is 0 Å². The number of carbonyl (C=O) groups excluding carboxylic acids is 1. The number of amides is 1. The maximum Gasteiger partial charge on any atom is 0.234 e. The van der Waals surface area contributed by atoms with Crippen molar-refractivity contribution >= 4 is 28.7 Å². The highest BCUT2D eigenvalue weighted by molar-refractivity contribution is 7.00. The lowest BCUT2D eigenvalue weighted by atomic mass is 10.2. The van der Waals surface area contributed by atoms with Crippen LogP contribution in [0.3, 0.4) is 0 Å². The van der Waals surface area contributed by atoms with E-state index < -0.39 is 0 Å². The number of hydrogen-bond acceptors (Lipinski definition) is 6. The minimum absolute atomic E-state index is 0.0365. The molecule has 0 aliphatic carbocycles. The zero-order chi connectivity index (χ0) is 15.4. The van der Waals surface area contributed by atoms with Crippen molar-refractivity contribution < 1.29 is 9.53 Å². The fourth-order valence-electron chi connectivity index (χ4n) is 2.63. The second-order valence-corrected chi connectivity index (χ2v) is 6.23. The average molecular weight is 320 g/mol. The Morgan fingerprint density at radius 1 is 1.45 bits per heavy atom. The van der Waals surface area contributed by atoms with Crippen molar-refractivity contribution in [3.8, 4) is 0 Å². The Labute approximate surface area is 133 Å². The number of rotatable bonds is 6. The summed E-state index contributed by atoms with van der Waals surface area (Å²) >= 11 is 1.22. The van der Waals surface area contributed by atoms with Crippen LogP contribution in [0, 0.1) is 0 Å². The van der Waals surface area contributed by atoms with Gasteiger partial charge in [0.15, 0.2) is 0 Å². The molecule has 2 heterocycles. The van der Waals surface area contributed by atoms with Gasteiger partial charge in [0.2, 0.25) is 5.91 Å². The summed E-state index contributed by atoms with van der Waals surface area (Å²) in [7, 11) is 1.94. The predicted octanol–water partition coefficient (Wildman–Crippen LogP) is 1.42. The first-order valence-electron chi connectivity index (χ1n) is 7.49. The molecule has 1 atom stereocenters. The van der Waals surface area contributed by atoms with E-state index in [1.54, 1.807) is 0 Å². The highest BCUT2D eigenvalue weighted by atomic mass is 32.1. The third-order valence-corrected chi connectivity index (χ3v) is 4.29. The molecule has 0 unspecified atom stereocenters. The molecule has 0 saturated carbocycles. The molecule has 1 N–H and O–H groups in total. The Bertz CT molecular complexity index is 639. The third kappa shape index (κ3) is 4.00. The molecule has 1 aromatic carbocycles. The molecule has 1 saturated heterocycles. The molecule has 1 fully saturated rings. The van der Waals surface area contributed by atoms with Gasteiger partial charge in [-0.3, -0.25) is 9.69 Å². The molecule has 0 spiro atoms. The van der Waals surface area contributed by atoms with Gasteiger partial charge >= 0.3 is 0 Å². The predicted molar refractivity (Wildman–Crippen MR) is 85.7 cm³/mol. The number of aromatic nitrogens is 2. The van der Waals surface area contributed by atoms with Crippen LogP contribution in [-0.4, -0.2) is 52.4 Å². The zero-order valence-corrected chi connectivity index (χ0v) is 13.4. The van der Waals surface area contributed by atoms with Gasteiger partial charge in [0, 0.05) is 19.7 Å². The van der Waals surface area contributed by atoms with E-state index in [0.29, 0.717) is 19.6 Å². The van der Waals surface area contributed by atoms with Gasteiger partial charge in [0.1, 0.15) is 11.0 Å². The summed E-state index contributed by atoms with van der Waals surface area (Å²) in [6.07, 6.45) is 2.32. The molecule has 1 amide bonds. The highest BCUT2D eigenvalue weighted by Gasteiger charge is 2.16. The first kappa shape index (κ1) is 15.3. The minimum Gasteiger partial charge on any atom is -0.376 e. The summed E-state index contributed by atoms with van der Waals surface area (Å²) in [6, 6.07) is 6.03. The molecule has 3 rings (SSSR count). The van der Waals surface area contributed by atoms with E-state index in [1.807, 2.05) is 30.1 Å². The Morgan fingerprint density at radius 2 is 2.32 bits per heavy atom. The van der Waals surface area contributed by atoms with Crippen LogP contribution >= 0.6 is 11.7 Å². The van der Waals surface area contributed by atoms with Crippen LogP contribution in [-0.2, 0) is 16.1 Å². The van der Waals surface area contributed by atoms with Crippen molar-refractivity contribution in [3.63, 3.8) is 0 Å². The maximum atomic E-state index is 11.9. The van der Waals surface area contributed by atoms with E-state index in [2.05, 4.69) is 14.1 Å². The molecule has 1 aliphatic rings. The number of nitrogens with one attached hydrogen (secondary N) is 1. The van der Waals surface area contributed by atoms with Gasteiger partial charge in [-0.1, -0.05) is 6.07 Å². The molecule has 118 valence electrons. The van der Waals surface area contributed by atoms with Crippen LogP contribution in [0.25, 0.3) is 11.0 Å². The third-order valence-electron chi connectivity index (χ3n) is 3.74. The summed E-state index contributed by atoms with van der Waals surface area (Å²) in [4.78, 5) is 13.9. The number of carbonyl (C=O) groups is 1. The van der Waals surface area contributed by atoms with Crippen molar-refractivity contribution in [1.29, 1.82) is 0 Å². The Morgan fingerprint density at radius 3 is 3.14 bits per heavy atom. The Hall–Kier alpha value is -1.57. The van der Waals surface area contributed by atoms with E-state index >= 15 is 0 Å². The van der Waals surface area contributed by atoms with Gasteiger partial charge < -0.3 is 10.1 Å². The quantitative estimate of drug-likeness (QED) is 0.872. The first-order valence-corrected chi connectivity index (χ1v) is 8.22. The van der Waals surface area contributed by atoms with E-state index in [0.717, 1.165) is 36.0 Å². The molecular weight excluding hydrogens is 300 g/mol. The van der Waals surface area contributed by atoms with Crippen molar-refractivity contribution in [2.75, 3.05) is 26.7 Å². The number of benzene rings is 1. The molecular formula is C15H20N4O2S. The molecule has 1 aromatic heterocycles. The Kier molecular flexibility index (Phi) is 4.97. The maximum absolute atomic E-state index is 11.9. The molecule has 6 nitrogen and oxygen atoms in total. The topological polar surface area (TPSA) is 67.4 Å². The number of hydrogen-bond donors (Lipinski definition) is 1. The minimum atomic E-state index is 0.0365. The van der Waals surface area contributed by atoms with Gasteiger partial charge in [-0.15, -0.1) is 0 Å². The number of ether oxygens (including phenoxy) is 1. The van der Waals surface area contributed by atoms with Crippen LogP contribution in [0.4, 0.5) is 0 Å². The van der Waals surface area contributed by atoms with Gasteiger partial charge in [-0.05, 0) is 37.6 Å². The SMILES string of the molecule is CN(CC(=O)NC[C@@H]1CCCO1)Cc1ccc2nsnc2c1. The van der Waals surface area contributed by atoms with Crippen LogP contribution in [0.2, 0.25) is 0 Å². The zero-order valence-electron chi connectivity index (χ0n) is 12.6. The lowest BCUT2D eigenvalue weighted by Gasteiger charge is -2.17. The van der Waals surface area contributed by atoms with E-state index in [1.165, 1.54) is 11.7 Å². The van der Waals surface area contributed by atoms with Gasteiger partial charge in [-0.2, -0.15) is 8.75 Å². The Balaban J connectivity index is 1.46. The van der Waals surface area contributed by atoms with Crippen molar-refractivity contribution in [1.82, 2.24) is 19.0 Å². The number of fused-ring (bicyclic) bond motifs is 1. The molecule has 22 heavy (non-hydrogen) atoms. The largest absolute Gasteiger partial charge is 0.376 e. The molecule has 0 radical (unpaired) electrons. The van der Waals surface area contributed by atoms with Crippen molar-refractivity contribution in [2.45, 2.75) is 25.5 Å². The van der Waals surface area contributed by atoms with Gasteiger partial charge in [0.05, 0.1) is 24.4 Å². The summed E-state index contributed by atoms with van der Waals surface area (Å²) < 4.78 is 13.9. The summed E-state index contributed by atoms with van der Waals surface area (Å²) in [5.74, 6) is 0.0365. The standard InChI is InChI=1S/C15H20N4O2S/c1-19(10-15(20)16-8-12-3-2-6-21-12)9-11-4-5-13-14(7-11)18-22-17-13/h4-5,7,12H,2-3,6,8-10H2,1H3,(H,16,20)/t12-/m0/s1. The van der Waals surface area contributed by atoms with Crippen molar-refractivity contribution in [3.05, 3.63) is 23.8 Å². The summed E-state index contributed by atoms with van der Waals surface area (Å²) in [5, 5.41) is 2.94. The molecule has 1 aliphatic heterocycles. The van der Waals surface area contributed by atoms with E-state index in [-0.39, 0.29) is 12.0 Å². The van der Waals surface area contributed by atoms with Crippen LogP contribution < -0.4 is 5.32 Å². The highest BCUT2D eigenvalue weighted by Crippen LogP contribution is 2.14. The summed E-state index contributed by atoms with van der Waals surface area (Å²) in [5.41, 5.74) is 2.97. The van der Waals surface area contributed by atoms with E-state index in [4.69, 9.17) is 4.74 Å². The van der Waals surface area contributed by atoms with Crippen molar-refractivity contribution in [2.24, 2.45) is 0 Å². The molecule has 0 bridgehead atoms. The van der Waals surface area contributed by atoms with Crippen LogP contribution in [0.5, 0.6) is 0 Å². The number of likely N-dealkylation sites (N-methyl/N-ethyl adjacent to an activating group) is 1. The van der Waals surface area contributed by atoms with Crippen LogP contribution in [0.15, 0.2) is 18.2 Å². The van der Waals surface area contributed by atoms with E-state index in [9.17, 15) is 4.79 Å². The second kappa shape index (κ2) is 7.13. The lowest BCUT2D eigenvalue weighted by molar-refractivity contribution is -0.122. The number of nitrogens with zero attached hydrogens (tertiary/aromatic N) is 3. The molecule has 2 aromatic rings. The second-order valence-electron chi connectivity index (χ2n) is 5.70. The first-order chi connectivity index (χ1) is 10.7. The smallest absolute Gasteiger partial charge is 0.234 e. The van der Waals surface area contributed by atoms with Gasteiger partial charge in [0.25, 0.3) is 0 Å². The normalized spacial score (nSPS) is 18.2. The monoisotopic (exact) mass is 320 g/mol. The molecule has 7 heteroatoms. The van der Waals surface area contributed by atoms with Crippen LogP contribution in [0.1, 0.15) is 18.4 Å². The average Bonchev–Trinajstić information content (AvgIpc) is 3.15. The summed E-state index contributed by atoms with van der Waals surface area (Å²) in [6.45, 7) is 2.51. The fourth-order valence-corrected chi connectivity index (χ4v) is 3.15.